The van der Waals surface area contributed by atoms with Crippen LogP contribution >= 0.6 is 0 Å². The fourth-order valence-electron chi connectivity index (χ4n) is 2.45. The van der Waals surface area contributed by atoms with Crippen LogP contribution in [0, 0.1) is 0 Å². The summed E-state index contributed by atoms with van der Waals surface area (Å²) in [6.07, 6.45) is 9.51. The summed E-state index contributed by atoms with van der Waals surface area (Å²) in [5.41, 5.74) is 3.86. The van der Waals surface area contributed by atoms with Crippen LogP contribution in [0.4, 0.5) is 0 Å². The van der Waals surface area contributed by atoms with Crippen molar-refractivity contribution in [1.82, 2.24) is 0 Å². The van der Waals surface area contributed by atoms with Crippen molar-refractivity contribution in [2.75, 3.05) is 0 Å². The van der Waals surface area contributed by atoms with E-state index in [1.54, 1.807) is 12.1 Å². The SMILES string of the molecule is CCCc1ccc(O)c(C2=C(O)C=CCC(CC)=C2)c1. The van der Waals surface area contributed by atoms with Gasteiger partial charge in [0.2, 0.25) is 0 Å². The van der Waals surface area contributed by atoms with Crippen LogP contribution in [0.1, 0.15) is 44.2 Å². The van der Waals surface area contributed by atoms with E-state index in [9.17, 15) is 10.2 Å². The van der Waals surface area contributed by atoms with E-state index in [2.05, 4.69) is 13.8 Å². The summed E-state index contributed by atoms with van der Waals surface area (Å²) in [6.45, 7) is 4.24. The minimum absolute atomic E-state index is 0.216. The number of aryl methyl sites for hydroxylation is 1. The minimum atomic E-state index is 0.216. The number of aliphatic hydroxyl groups is 1. The fourth-order valence-corrected chi connectivity index (χ4v) is 2.45. The Bertz CT molecular complexity index is 577. The van der Waals surface area contributed by atoms with E-state index in [4.69, 9.17) is 0 Å². The molecule has 1 aliphatic rings. The molecule has 20 heavy (non-hydrogen) atoms. The predicted molar refractivity (Wildman–Crippen MR) is 83.8 cm³/mol. The first kappa shape index (κ1) is 14.4. The van der Waals surface area contributed by atoms with Crippen LogP contribution in [0.2, 0.25) is 0 Å². The Kier molecular flexibility index (Phi) is 4.67. The van der Waals surface area contributed by atoms with Crippen LogP contribution in [0.25, 0.3) is 5.57 Å². The Morgan fingerprint density at radius 2 is 1.95 bits per heavy atom. The third kappa shape index (κ3) is 3.13. The highest BCUT2D eigenvalue weighted by atomic mass is 16.3. The van der Waals surface area contributed by atoms with Crippen LogP contribution in [0.5, 0.6) is 5.75 Å². The fraction of sp³-hybridized carbons (Fsp3) is 0.333. The normalized spacial score (nSPS) is 15.2. The molecule has 0 aromatic heterocycles. The Morgan fingerprint density at radius 1 is 1.15 bits per heavy atom. The molecule has 0 aliphatic heterocycles. The van der Waals surface area contributed by atoms with Crippen LogP contribution in [0.15, 0.2) is 47.8 Å². The predicted octanol–water partition coefficient (Wildman–Crippen LogP) is 4.91. The van der Waals surface area contributed by atoms with Gasteiger partial charge in [-0.05, 0) is 43.0 Å². The monoisotopic (exact) mass is 270 g/mol. The molecule has 0 unspecified atom stereocenters. The highest BCUT2D eigenvalue weighted by Crippen LogP contribution is 2.32. The standard InChI is InChI=1S/C18H22O2/c1-3-6-14-9-10-18(20)16(12-14)15-11-13(4-2)7-5-8-17(15)19/h5,8-12,19-20H,3-4,6-7H2,1-2H3. The minimum Gasteiger partial charge on any atom is -0.507 e. The number of aliphatic hydroxyl groups excluding tert-OH is 1. The van der Waals surface area contributed by atoms with Crippen molar-refractivity contribution >= 4 is 5.57 Å². The van der Waals surface area contributed by atoms with Gasteiger partial charge in [0.25, 0.3) is 0 Å². The third-order valence-corrected chi connectivity index (χ3v) is 3.62. The van der Waals surface area contributed by atoms with Crippen LogP contribution < -0.4 is 0 Å². The van der Waals surface area contributed by atoms with Gasteiger partial charge in [0.05, 0.1) is 0 Å². The van der Waals surface area contributed by atoms with Crippen molar-refractivity contribution in [3.63, 3.8) is 0 Å². The van der Waals surface area contributed by atoms with E-state index in [0.717, 1.165) is 25.7 Å². The van der Waals surface area contributed by atoms with E-state index >= 15 is 0 Å². The third-order valence-electron chi connectivity index (χ3n) is 3.62. The molecule has 0 atom stereocenters. The van der Waals surface area contributed by atoms with E-state index in [1.165, 1.54) is 11.1 Å². The zero-order valence-corrected chi connectivity index (χ0v) is 12.2. The second-order valence-electron chi connectivity index (χ2n) is 5.16. The molecule has 0 saturated heterocycles. The van der Waals surface area contributed by atoms with Crippen LogP contribution in [-0.2, 0) is 6.42 Å². The first-order valence-electron chi connectivity index (χ1n) is 7.27. The highest BCUT2D eigenvalue weighted by molar-refractivity contribution is 5.81. The number of hydrogen-bond acceptors (Lipinski definition) is 2. The van der Waals surface area contributed by atoms with Gasteiger partial charge < -0.3 is 10.2 Å². The zero-order valence-electron chi connectivity index (χ0n) is 12.2. The summed E-state index contributed by atoms with van der Waals surface area (Å²) >= 11 is 0. The van der Waals surface area contributed by atoms with Crippen molar-refractivity contribution in [2.24, 2.45) is 0 Å². The van der Waals surface area contributed by atoms with Crippen LogP contribution in [-0.4, -0.2) is 10.2 Å². The Hall–Kier alpha value is -1.96. The van der Waals surface area contributed by atoms with E-state index in [1.807, 2.05) is 24.3 Å². The van der Waals surface area contributed by atoms with E-state index in [-0.39, 0.29) is 11.5 Å². The molecule has 1 aromatic carbocycles. The average molecular weight is 270 g/mol. The number of aromatic hydroxyl groups is 1. The van der Waals surface area contributed by atoms with Gasteiger partial charge in [-0.2, -0.15) is 0 Å². The molecule has 1 aliphatic carbocycles. The highest BCUT2D eigenvalue weighted by Gasteiger charge is 2.13. The molecular weight excluding hydrogens is 248 g/mol. The molecule has 0 fully saturated rings. The van der Waals surface area contributed by atoms with Crippen molar-refractivity contribution in [3.05, 3.63) is 58.9 Å². The van der Waals surface area contributed by atoms with Gasteiger partial charge in [-0.25, -0.2) is 0 Å². The molecule has 0 spiro atoms. The number of phenolic OH excluding ortho intramolecular Hbond substituents is 1. The maximum atomic E-state index is 10.2. The second kappa shape index (κ2) is 6.47. The molecule has 0 radical (unpaired) electrons. The second-order valence-corrected chi connectivity index (χ2v) is 5.16. The smallest absolute Gasteiger partial charge is 0.123 e. The summed E-state index contributed by atoms with van der Waals surface area (Å²) in [4.78, 5) is 0. The van der Waals surface area contributed by atoms with Crippen LogP contribution in [0.3, 0.4) is 0 Å². The van der Waals surface area contributed by atoms with Crippen molar-refractivity contribution < 1.29 is 10.2 Å². The number of phenols is 1. The largest absolute Gasteiger partial charge is 0.507 e. The number of benzene rings is 1. The topological polar surface area (TPSA) is 40.5 Å². The van der Waals surface area contributed by atoms with Gasteiger partial charge in [0.15, 0.2) is 0 Å². The van der Waals surface area contributed by atoms with Gasteiger partial charge in [0, 0.05) is 11.1 Å². The molecule has 2 rings (SSSR count). The molecule has 1 aromatic rings. The molecule has 0 bridgehead atoms. The Balaban J connectivity index is 2.52. The molecule has 2 nitrogen and oxygen atoms in total. The number of allylic oxidation sites excluding steroid dienone is 5. The lowest BCUT2D eigenvalue weighted by Crippen LogP contribution is -1.92. The number of rotatable bonds is 4. The van der Waals surface area contributed by atoms with Crippen molar-refractivity contribution in [2.45, 2.75) is 39.5 Å². The lowest BCUT2D eigenvalue weighted by Gasteiger charge is -2.10. The Labute approximate surface area is 120 Å². The van der Waals surface area contributed by atoms with Crippen molar-refractivity contribution in [3.8, 4) is 5.75 Å². The first-order valence-corrected chi connectivity index (χ1v) is 7.27. The van der Waals surface area contributed by atoms with Gasteiger partial charge in [-0.1, -0.05) is 44.1 Å². The van der Waals surface area contributed by atoms with Crippen molar-refractivity contribution in [1.29, 1.82) is 0 Å². The summed E-state index contributed by atoms with van der Waals surface area (Å²) < 4.78 is 0. The van der Waals surface area contributed by atoms with Gasteiger partial charge in [-0.15, -0.1) is 0 Å². The molecule has 0 heterocycles. The maximum absolute atomic E-state index is 10.2. The van der Waals surface area contributed by atoms with Gasteiger partial charge >= 0.3 is 0 Å². The molecule has 0 amide bonds. The average Bonchev–Trinajstić information content (AvgIpc) is 2.63. The summed E-state index contributed by atoms with van der Waals surface area (Å²) in [5, 5.41) is 20.3. The lowest BCUT2D eigenvalue weighted by atomic mass is 9.97. The summed E-state index contributed by atoms with van der Waals surface area (Å²) in [7, 11) is 0. The van der Waals surface area contributed by atoms with E-state index in [0.29, 0.717) is 11.1 Å². The van der Waals surface area contributed by atoms with Gasteiger partial charge in [-0.3, -0.25) is 0 Å². The molecular formula is C18H22O2. The summed E-state index contributed by atoms with van der Waals surface area (Å²) in [6, 6.07) is 5.64. The van der Waals surface area contributed by atoms with E-state index < -0.39 is 0 Å². The summed E-state index contributed by atoms with van der Waals surface area (Å²) in [5.74, 6) is 0.436. The Morgan fingerprint density at radius 3 is 2.65 bits per heavy atom. The molecule has 0 saturated carbocycles. The molecule has 2 N–H and O–H groups in total. The quantitative estimate of drug-likeness (QED) is 0.816. The first-order chi connectivity index (χ1) is 9.65. The zero-order chi connectivity index (χ0) is 14.5. The molecule has 2 heteroatoms. The maximum Gasteiger partial charge on any atom is 0.123 e. The van der Waals surface area contributed by atoms with Gasteiger partial charge in [0.1, 0.15) is 11.5 Å². The lowest BCUT2D eigenvalue weighted by molar-refractivity contribution is 0.434. The molecule has 106 valence electrons. The number of hydrogen-bond donors (Lipinski definition) is 2.